The van der Waals surface area contributed by atoms with E-state index in [1.54, 1.807) is 6.20 Å². The van der Waals surface area contributed by atoms with Crippen LogP contribution in [0.25, 0.3) is 0 Å². The molecule has 0 aromatic carbocycles. The van der Waals surface area contributed by atoms with Crippen LogP contribution in [0.15, 0.2) is 17.1 Å². The summed E-state index contributed by atoms with van der Waals surface area (Å²) in [6.45, 7) is 0. The summed E-state index contributed by atoms with van der Waals surface area (Å²) in [6.07, 6.45) is 1.65. The van der Waals surface area contributed by atoms with Crippen LogP contribution in [0.3, 0.4) is 0 Å². The molecule has 0 bridgehead atoms. The van der Waals surface area contributed by atoms with Crippen LogP contribution in [-0.4, -0.2) is 28.6 Å². The molecule has 0 aliphatic carbocycles. The molecule has 0 radical (unpaired) electrons. The Balaban J connectivity index is 3.26. The zero-order valence-corrected chi connectivity index (χ0v) is 9.86. The molecule has 4 heteroatoms. The number of aromatic amines is 1. The maximum absolute atomic E-state index is 11.2. The molecule has 1 heterocycles. The van der Waals surface area contributed by atoms with Gasteiger partial charge in [0.25, 0.3) is 0 Å². The predicted molar refractivity (Wildman–Crippen MR) is 47.8 cm³/mol. The third kappa shape index (κ3) is 2.05. The molecule has 0 atom stereocenters. The van der Waals surface area contributed by atoms with Crippen LogP contribution < -0.4 is 9.14 Å². The fraction of sp³-hybridized carbons (Fsp3) is 0.429. The molecule has 1 aromatic rings. The molecule has 3 nitrogen and oxygen atoms in total. The molecule has 60 valence electrons. The Morgan fingerprint density at radius 2 is 2.09 bits per heavy atom. The standard InChI is InChI=1S/C4H3N2O.3CH3.Sn/c7-4-2-1-3-5-6-4;;;;/h1,3H,(H,6,7);3*1H3;. The first kappa shape index (κ1) is 8.77. The van der Waals surface area contributed by atoms with Gasteiger partial charge in [0.05, 0.1) is 0 Å². The maximum atomic E-state index is 11.2. The number of nitrogens with zero attached hydrogens (tertiary/aromatic N) is 1. The van der Waals surface area contributed by atoms with E-state index in [0.29, 0.717) is 0 Å². The van der Waals surface area contributed by atoms with E-state index in [1.807, 2.05) is 6.07 Å². The van der Waals surface area contributed by atoms with E-state index in [-0.39, 0.29) is 5.56 Å². The fourth-order valence-corrected chi connectivity index (χ4v) is 4.68. The molecule has 1 aromatic heterocycles. The molecule has 1 N–H and O–H groups in total. The molecule has 11 heavy (non-hydrogen) atoms. The van der Waals surface area contributed by atoms with E-state index in [4.69, 9.17) is 0 Å². The van der Waals surface area contributed by atoms with Gasteiger partial charge in [-0.1, -0.05) is 0 Å². The van der Waals surface area contributed by atoms with E-state index < -0.39 is 18.4 Å². The number of rotatable bonds is 1. The van der Waals surface area contributed by atoms with Crippen LogP contribution in [-0.2, 0) is 0 Å². The van der Waals surface area contributed by atoms with Gasteiger partial charge in [-0.25, -0.2) is 0 Å². The molecule has 1 rings (SSSR count). The van der Waals surface area contributed by atoms with Crippen molar-refractivity contribution in [2.45, 2.75) is 14.8 Å². The average molecular weight is 259 g/mol. The van der Waals surface area contributed by atoms with Crippen molar-refractivity contribution in [1.29, 1.82) is 0 Å². The Kier molecular flexibility index (Phi) is 2.36. The first-order valence-corrected chi connectivity index (χ1v) is 13.5. The van der Waals surface area contributed by atoms with E-state index in [2.05, 4.69) is 25.0 Å². The molecule has 0 aliphatic rings. The number of hydrogen-bond acceptors (Lipinski definition) is 2. The molecular weight excluding hydrogens is 247 g/mol. The van der Waals surface area contributed by atoms with Crippen molar-refractivity contribution in [3.8, 4) is 0 Å². The van der Waals surface area contributed by atoms with Crippen LogP contribution in [0.1, 0.15) is 0 Å². The van der Waals surface area contributed by atoms with Crippen molar-refractivity contribution in [1.82, 2.24) is 10.2 Å². The molecule has 0 amide bonds. The van der Waals surface area contributed by atoms with E-state index in [0.717, 1.165) is 3.58 Å². The fourth-order valence-electron chi connectivity index (χ4n) is 0.934. The number of hydrogen-bond donors (Lipinski definition) is 1. The van der Waals surface area contributed by atoms with Crippen LogP contribution in [0, 0.1) is 0 Å². The van der Waals surface area contributed by atoms with Crippen LogP contribution in [0.2, 0.25) is 14.8 Å². The van der Waals surface area contributed by atoms with Crippen LogP contribution in [0.4, 0.5) is 0 Å². The van der Waals surface area contributed by atoms with Crippen molar-refractivity contribution >= 4 is 22.0 Å². The van der Waals surface area contributed by atoms with Crippen molar-refractivity contribution in [2.24, 2.45) is 0 Å². The average Bonchev–Trinajstić information content (AvgIpc) is 1.86. The second kappa shape index (κ2) is 2.97. The monoisotopic (exact) mass is 260 g/mol. The summed E-state index contributed by atoms with van der Waals surface area (Å²) in [5.74, 6) is 0. The Bertz CT molecular complexity index is 300. The van der Waals surface area contributed by atoms with Gasteiger partial charge < -0.3 is 0 Å². The van der Waals surface area contributed by atoms with Gasteiger partial charge in [-0.2, -0.15) is 0 Å². The zero-order valence-electron chi connectivity index (χ0n) is 7.01. The van der Waals surface area contributed by atoms with Crippen molar-refractivity contribution in [3.63, 3.8) is 0 Å². The number of aromatic nitrogens is 2. The Hall–Kier alpha value is -0.321. The quantitative estimate of drug-likeness (QED) is 0.738. The second-order valence-corrected chi connectivity index (χ2v) is 17.9. The minimum absolute atomic E-state index is 0.00389. The van der Waals surface area contributed by atoms with Crippen LogP contribution >= 0.6 is 0 Å². The Morgan fingerprint density at radius 1 is 1.45 bits per heavy atom. The molecular formula is C7H12N2OSn. The summed E-state index contributed by atoms with van der Waals surface area (Å²) in [7, 11) is 0. The Morgan fingerprint density at radius 3 is 2.45 bits per heavy atom. The van der Waals surface area contributed by atoms with Gasteiger partial charge in [0, 0.05) is 0 Å². The second-order valence-electron chi connectivity index (χ2n) is 3.55. The van der Waals surface area contributed by atoms with Crippen molar-refractivity contribution in [3.05, 3.63) is 22.6 Å². The summed E-state index contributed by atoms with van der Waals surface area (Å²) in [5.41, 5.74) is -0.00389. The topological polar surface area (TPSA) is 45.8 Å². The molecule has 0 saturated heterocycles. The first-order chi connectivity index (χ1) is 5.02. The summed E-state index contributed by atoms with van der Waals surface area (Å²) < 4.78 is 0.981. The summed E-state index contributed by atoms with van der Waals surface area (Å²) in [4.78, 5) is 17.8. The molecule has 0 unspecified atom stereocenters. The Labute approximate surface area is 69.7 Å². The van der Waals surface area contributed by atoms with Gasteiger partial charge in [0.1, 0.15) is 0 Å². The molecule has 0 fully saturated rings. The summed E-state index contributed by atoms with van der Waals surface area (Å²) in [5, 5.41) is 6.11. The SMILES string of the molecule is [CH3][Sn]([CH3])([CH3])[c]1ccn[nH]c1=O. The zero-order chi connectivity index (χ0) is 8.48. The third-order valence-electron chi connectivity index (χ3n) is 1.53. The van der Waals surface area contributed by atoms with Gasteiger partial charge in [0.15, 0.2) is 0 Å². The normalized spacial score (nSPS) is 11.5. The van der Waals surface area contributed by atoms with Crippen molar-refractivity contribution in [2.75, 3.05) is 0 Å². The van der Waals surface area contributed by atoms with Crippen molar-refractivity contribution < 1.29 is 0 Å². The molecule has 0 spiro atoms. The van der Waals surface area contributed by atoms with Gasteiger partial charge in [-0.3, -0.25) is 0 Å². The van der Waals surface area contributed by atoms with Gasteiger partial charge in [0.2, 0.25) is 0 Å². The van der Waals surface area contributed by atoms with Gasteiger partial charge in [-0.05, 0) is 0 Å². The van der Waals surface area contributed by atoms with E-state index in [1.165, 1.54) is 0 Å². The predicted octanol–water partition coefficient (Wildman–Crippen LogP) is 0.315. The van der Waals surface area contributed by atoms with Gasteiger partial charge in [-0.15, -0.1) is 0 Å². The third-order valence-corrected chi connectivity index (χ3v) is 7.27. The minimum atomic E-state index is -2.16. The van der Waals surface area contributed by atoms with E-state index >= 15 is 0 Å². The first-order valence-electron chi connectivity index (χ1n) is 3.56. The number of H-pyrrole nitrogens is 1. The molecule has 0 saturated carbocycles. The summed E-state index contributed by atoms with van der Waals surface area (Å²) >= 11 is -2.16. The van der Waals surface area contributed by atoms with Gasteiger partial charge >= 0.3 is 69.6 Å². The number of nitrogens with one attached hydrogen (secondary N) is 1. The summed E-state index contributed by atoms with van der Waals surface area (Å²) in [6, 6.07) is 1.84. The molecule has 0 aliphatic heterocycles. The van der Waals surface area contributed by atoms with Crippen LogP contribution in [0.5, 0.6) is 0 Å². The van der Waals surface area contributed by atoms with E-state index in [9.17, 15) is 4.79 Å².